The smallest absolute Gasteiger partial charge is 0.466 e. The van der Waals surface area contributed by atoms with Crippen LogP contribution in [0.25, 0.3) is 10.4 Å². The van der Waals surface area contributed by atoms with Gasteiger partial charge in [-0.2, -0.15) is 0 Å². The van der Waals surface area contributed by atoms with Crippen LogP contribution in [0.1, 0.15) is 245 Å². The van der Waals surface area contributed by atoms with Crippen molar-refractivity contribution in [1.29, 1.82) is 0 Å². The molecule has 27 heteroatoms. The number of ether oxygens (including phenoxy) is 3. The Balaban J connectivity index is 0.000000766. The summed E-state index contributed by atoms with van der Waals surface area (Å²) in [6.45, 7) is 46.9. The van der Waals surface area contributed by atoms with Crippen molar-refractivity contribution >= 4 is 127 Å². The molecule has 3 aliphatic heterocycles. The largest absolute Gasteiger partial charge is 2.00 e. The number of thiazole rings is 2. The number of aryl methyl sites for hydroxylation is 2. The average Bonchev–Trinajstić information content (AvgIpc) is 1.60. The Morgan fingerprint density at radius 1 is 0.438 bits per heavy atom. The first-order valence-corrected chi connectivity index (χ1v) is 42.0. The van der Waals surface area contributed by atoms with E-state index in [-0.39, 0.29) is 135 Å². The van der Waals surface area contributed by atoms with Gasteiger partial charge in [0, 0.05) is 78.6 Å². The van der Waals surface area contributed by atoms with Crippen LogP contribution in [0.2, 0.25) is 0 Å². The van der Waals surface area contributed by atoms with Crippen LogP contribution in [0.3, 0.4) is 0 Å². The molecule has 0 radical (unpaired) electrons. The molecule has 0 bridgehead atoms. The normalized spacial score (nSPS) is 15.1. The van der Waals surface area contributed by atoms with E-state index in [9.17, 15) is 14.4 Å². The van der Waals surface area contributed by atoms with Crippen LogP contribution < -0.4 is 5.46 Å². The van der Waals surface area contributed by atoms with Gasteiger partial charge in [-0.25, -0.2) is 20.0 Å². The predicted octanol–water partition coefficient (Wildman–Crippen LogP) is 23.5. The molecular formula is C94H132B3BrIN7O12PdS2. The first kappa shape index (κ1) is 112. The van der Waals surface area contributed by atoms with Gasteiger partial charge in [0.25, 0.3) is 0 Å². The molecule has 3 fully saturated rings. The van der Waals surface area contributed by atoms with Crippen molar-refractivity contribution in [3.05, 3.63) is 249 Å². The molecule has 9 aromatic rings. The van der Waals surface area contributed by atoms with Gasteiger partial charge in [0.15, 0.2) is 0 Å². The minimum atomic E-state index is -0.476. The number of halogens is 2. The second kappa shape index (κ2) is 48.0. The summed E-state index contributed by atoms with van der Waals surface area (Å²) in [6, 6.07) is 52.5. The Kier molecular flexibility index (Phi) is 44.5. The van der Waals surface area contributed by atoms with Gasteiger partial charge in [0.2, 0.25) is 10.3 Å². The third-order valence-electron chi connectivity index (χ3n) is 20.7. The molecule has 660 valence electrons. The van der Waals surface area contributed by atoms with Crippen LogP contribution in [0.5, 0.6) is 0 Å². The minimum absolute atomic E-state index is 0. The van der Waals surface area contributed by atoms with Gasteiger partial charge in [-0.3, -0.25) is 29.3 Å². The van der Waals surface area contributed by atoms with Crippen molar-refractivity contribution in [1.82, 2.24) is 24.9 Å². The average molecular weight is 1960 g/mol. The second-order valence-electron chi connectivity index (χ2n) is 32.8. The molecule has 0 N–H and O–H groups in total. The zero-order valence-electron chi connectivity index (χ0n) is 72.6. The second-order valence-corrected chi connectivity index (χ2v) is 37.5. The SMILES string of the molecule is C.C.C.C.CC1(C)OB(B2OC(C)(C)C(C)(C)O2)OC1(C)C.CCOC(=O)CC(C)(C)c1cc(-c2sc(N=C(c3ccccc3)c3ccccc3)nc2C)ccn1.CCOC(=O)CC(C)(C)c1cc(B2OC(C)(C)C(C)(C)O2)ccn1.CCOC(=O)CC(C)(C)c1cc(Br)ccn1.Cc1nc(N=C(c2ccccc2)c2ccccc2)sc1I.[CH3-].[CH3-].[Pd+2]. The van der Waals surface area contributed by atoms with Gasteiger partial charge in [0.05, 0.1) is 103 Å². The number of carbonyl (C=O) groups is 3. The first-order valence-electron chi connectivity index (χ1n) is 38.5. The standard InChI is InChI=1S/C29H29N3O2S.C18H28BNO4.C17H13IN2S.C12H24B2O4.C12H16BrNO2.4CH4.2CH3.Pd/c1-5-34-25(33)19-29(3,4)24-18-23(16-17-30-24)27-20(2)31-28(35-27)32-26(21-12-8-6-9-13-21)22-14-10-7-11-15-22;1-8-22-15(21)12-16(2,3)14-11-13(9-10-20-14)19-23-17(4,5)18(6,7)24-19;1-12-16(18)21-17(19-12)20-15(13-8-4-2-5-9-13)14-10-6-3-7-11-14;1-9(2)10(3,4)16-13(15-9)14-17-11(5,6)12(7,8)18-14;1-4-16-11(15)8-12(2,3)10-7-9(13)5-6-14-10;;;;;;;/h6-18H,5,19H2,1-4H3;9-11H,8,12H2,1-7H3;2-11H,1H3;1-8H3;5-7H,4,8H2,1-3H3;4*1H4;2*1H3;/q;;;;;;;;;2*-1;+2. The van der Waals surface area contributed by atoms with E-state index < -0.39 is 32.0 Å². The summed E-state index contributed by atoms with van der Waals surface area (Å²) in [6.07, 6.45) is 6.14. The molecule has 121 heavy (non-hydrogen) atoms. The zero-order valence-corrected chi connectivity index (χ0v) is 79.6. The van der Waals surface area contributed by atoms with Gasteiger partial charge in [-0.1, -0.05) is 231 Å². The monoisotopic (exact) mass is 1960 g/mol. The first-order chi connectivity index (χ1) is 53.4. The summed E-state index contributed by atoms with van der Waals surface area (Å²) in [5.41, 5.74) is 9.17. The molecular weight excluding hydrogens is 1830 g/mol. The van der Waals surface area contributed by atoms with Crippen LogP contribution in [-0.4, -0.2) is 129 Å². The molecule has 3 aliphatic rings. The summed E-state index contributed by atoms with van der Waals surface area (Å²) in [5, 5.41) is 1.50. The summed E-state index contributed by atoms with van der Waals surface area (Å²) in [4.78, 5) is 68.8. The van der Waals surface area contributed by atoms with Crippen molar-refractivity contribution < 1.29 is 76.9 Å². The number of hydrogen-bond acceptors (Lipinski definition) is 21. The number of aliphatic imine (C=N–C) groups is 2. The van der Waals surface area contributed by atoms with Crippen LogP contribution in [0.15, 0.2) is 191 Å². The Morgan fingerprint density at radius 3 is 1.06 bits per heavy atom. The van der Waals surface area contributed by atoms with E-state index in [1.807, 2.05) is 268 Å². The van der Waals surface area contributed by atoms with Crippen LogP contribution in [0, 0.1) is 31.6 Å². The van der Waals surface area contributed by atoms with Crippen LogP contribution >= 0.6 is 61.2 Å². The van der Waals surface area contributed by atoms with Crippen LogP contribution in [-0.2, 0) is 93.2 Å². The number of nitrogens with zero attached hydrogens (tertiary/aromatic N) is 7. The van der Waals surface area contributed by atoms with Crippen molar-refractivity contribution in [3.63, 3.8) is 0 Å². The maximum Gasteiger partial charge on any atom is 2.00 e. The third kappa shape index (κ3) is 30.5. The van der Waals surface area contributed by atoms with Crippen molar-refractivity contribution in [2.75, 3.05) is 19.8 Å². The van der Waals surface area contributed by atoms with Gasteiger partial charge in [-0.05, 0) is 188 Å². The van der Waals surface area contributed by atoms with Crippen molar-refractivity contribution in [2.24, 2.45) is 9.98 Å². The minimum Gasteiger partial charge on any atom is -0.466 e. The maximum atomic E-state index is 12.1. The third-order valence-corrected chi connectivity index (χ3v) is 24.6. The molecule has 0 unspecified atom stereocenters. The molecule has 4 aromatic carbocycles. The van der Waals surface area contributed by atoms with E-state index in [1.165, 1.54) is 2.88 Å². The number of carbonyl (C=O) groups excluding carboxylic acids is 3. The van der Waals surface area contributed by atoms with Gasteiger partial charge >= 0.3 is 59.5 Å². The maximum absolute atomic E-state index is 12.1. The van der Waals surface area contributed by atoms with Gasteiger partial charge in [0.1, 0.15) is 0 Å². The quantitative estimate of drug-likeness (QED) is 0.0163. The number of esters is 3. The summed E-state index contributed by atoms with van der Waals surface area (Å²) in [7, 11) is -1.39. The van der Waals surface area contributed by atoms with E-state index in [4.69, 9.17) is 57.1 Å². The summed E-state index contributed by atoms with van der Waals surface area (Å²) < 4.78 is 53.4. The molecule has 3 saturated heterocycles. The summed E-state index contributed by atoms with van der Waals surface area (Å²) >= 11 is 8.88. The van der Waals surface area contributed by atoms with E-state index >= 15 is 0 Å². The Morgan fingerprint density at radius 2 is 0.736 bits per heavy atom. The topological polar surface area (TPSA) is 223 Å². The molecule has 0 amide bonds. The molecule has 0 aliphatic carbocycles. The van der Waals surface area contributed by atoms with E-state index in [2.05, 4.69) is 107 Å². The Labute approximate surface area is 770 Å². The Hall–Kier alpha value is -6.83. The molecule has 19 nitrogen and oxygen atoms in total. The van der Waals surface area contributed by atoms with Crippen LogP contribution in [0.4, 0.5) is 10.3 Å². The van der Waals surface area contributed by atoms with E-state index in [0.717, 1.165) is 87.7 Å². The zero-order chi connectivity index (χ0) is 83.8. The Bertz CT molecular complexity index is 4580. The fourth-order valence-electron chi connectivity index (χ4n) is 11.9. The fraction of sp³-hybridized carbons (Fsp3) is 0.447. The number of aromatic nitrogens is 5. The van der Waals surface area contributed by atoms with Crippen molar-refractivity contribution in [2.45, 2.75) is 258 Å². The molecule has 0 saturated carbocycles. The molecule has 5 aromatic heterocycles. The van der Waals surface area contributed by atoms with E-state index in [1.54, 1.807) is 41.3 Å². The predicted molar refractivity (Wildman–Crippen MR) is 513 cm³/mol. The van der Waals surface area contributed by atoms with Gasteiger partial charge in [-0.15, -0.1) is 0 Å². The fourth-order valence-corrected chi connectivity index (χ4v) is 14.6. The van der Waals surface area contributed by atoms with E-state index in [0.29, 0.717) is 31.4 Å². The van der Waals surface area contributed by atoms with Crippen molar-refractivity contribution in [3.8, 4) is 10.4 Å². The summed E-state index contributed by atoms with van der Waals surface area (Å²) in [5.74, 6) is -0.621. The molecule has 8 heterocycles. The number of rotatable bonds is 21. The van der Waals surface area contributed by atoms with Gasteiger partial charge < -0.3 is 57.0 Å². The number of hydrogen-bond donors (Lipinski definition) is 0. The molecule has 0 spiro atoms. The molecule has 12 rings (SSSR count). The number of benzene rings is 4. The molecule has 0 atom stereocenters. The number of pyridine rings is 3.